The van der Waals surface area contributed by atoms with Crippen LogP contribution in [0, 0.1) is 13.8 Å². The molecule has 0 aliphatic rings. The molecule has 2 N–H and O–H groups in total. The van der Waals surface area contributed by atoms with Gasteiger partial charge >= 0.3 is 6.03 Å². The molecule has 0 spiro atoms. The van der Waals surface area contributed by atoms with Crippen LogP contribution in [0.5, 0.6) is 0 Å². The topological polar surface area (TPSA) is 70.4 Å². The Labute approximate surface area is 114 Å². The van der Waals surface area contributed by atoms with Gasteiger partial charge in [0.25, 0.3) is 0 Å². The average Bonchev–Trinajstić information content (AvgIpc) is 2.54. The minimum atomic E-state index is -0.913. The summed E-state index contributed by atoms with van der Waals surface area (Å²) < 4.78 is 1.85. The number of anilines is 1. The molecule has 0 radical (unpaired) electrons. The Kier molecular flexibility index (Phi) is 4.57. The van der Waals surface area contributed by atoms with Crippen LogP contribution in [0.1, 0.15) is 32.2 Å². The Morgan fingerprint density at radius 2 is 2.05 bits per heavy atom. The number of aromatic nitrogens is 2. The van der Waals surface area contributed by atoms with E-state index in [2.05, 4.69) is 10.4 Å². The maximum absolute atomic E-state index is 12.1. The van der Waals surface area contributed by atoms with Crippen LogP contribution in [0.3, 0.4) is 0 Å². The maximum atomic E-state index is 12.1. The summed E-state index contributed by atoms with van der Waals surface area (Å²) in [6.07, 6.45) is 0. The quantitative estimate of drug-likeness (QED) is 0.874. The maximum Gasteiger partial charge on any atom is 0.321 e. The van der Waals surface area contributed by atoms with E-state index in [9.17, 15) is 9.90 Å². The van der Waals surface area contributed by atoms with Crippen LogP contribution in [0.2, 0.25) is 0 Å². The monoisotopic (exact) mass is 268 g/mol. The van der Waals surface area contributed by atoms with Crippen LogP contribution >= 0.6 is 0 Å². The summed E-state index contributed by atoms with van der Waals surface area (Å²) in [4.78, 5) is 13.5. The highest BCUT2D eigenvalue weighted by Gasteiger charge is 2.21. The lowest BCUT2D eigenvalue weighted by atomic mass is 10.1. The molecule has 0 fully saturated rings. The van der Waals surface area contributed by atoms with Gasteiger partial charge in [-0.1, -0.05) is 0 Å². The number of carbonyl (C=O) groups excluding carboxylic acids is 1. The fraction of sp³-hybridized carbons (Fsp3) is 0.692. The first-order valence-electron chi connectivity index (χ1n) is 6.44. The van der Waals surface area contributed by atoms with E-state index in [-0.39, 0.29) is 12.6 Å². The molecule has 0 aliphatic carbocycles. The van der Waals surface area contributed by atoms with Crippen molar-refractivity contribution in [2.45, 2.75) is 46.8 Å². The van der Waals surface area contributed by atoms with Crippen LogP contribution in [0.15, 0.2) is 0 Å². The van der Waals surface area contributed by atoms with E-state index >= 15 is 0 Å². The van der Waals surface area contributed by atoms with Crippen molar-refractivity contribution >= 4 is 11.7 Å². The summed E-state index contributed by atoms with van der Waals surface area (Å²) in [6.45, 7) is 10.2. The zero-order valence-electron chi connectivity index (χ0n) is 12.6. The van der Waals surface area contributed by atoms with Gasteiger partial charge in [-0.15, -0.1) is 0 Å². The summed E-state index contributed by atoms with van der Waals surface area (Å²) in [5.74, 6) is 0. The van der Waals surface area contributed by atoms with Gasteiger partial charge in [-0.05, 0) is 34.6 Å². The van der Waals surface area contributed by atoms with Crippen LogP contribution in [-0.2, 0) is 6.54 Å². The van der Waals surface area contributed by atoms with Crippen molar-refractivity contribution in [3.05, 3.63) is 11.4 Å². The van der Waals surface area contributed by atoms with Gasteiger partial charge in [-0.3, -0.25) is 4.68 Å². The fourth-order valence-corrected chi connectivity index (χ4v) is 2.04. The number of carbonyl (C=O) groups is 1. The fourth-order valence-electron chi connectivity index (χ4n) is 2.04. The number of aryl methyl sites for hydroxylation is 2. The lowest BCUT2D eigenvalue weighted by molar-refractivity contribution is 0.0550. The highest BCUT2D eigenvalue weighted by Crippen LogP contribution is 2.19. The lowest BCUT2D eigenvalue weighted by Gasteiger charge is -2.25. The SMILES string of the molecule is CCn1nc(C)c(NC(=O)N(C)CC(C)(C)O)c1C. The molecule has 108 valence electrons. The van der Waals surface area contributed by atoms with E-state index in [0.717, 1.165) is 23.6 Å². The van der Waals surface area contributed by atoms with Gasteiger partial charge in [0, 0.05) is 13.6 Å². The highest BCUT2D eigenvalue weighted by atomic mass is 16.3. The number of nitrogens with one attached hydrogen (secondary N) is 1. The minimum absolute atomic E-state index is 0.246. The highest BCUT2D eigenvalue weighted by molar-refractivity contribution is 5.90. The number of rotatable bonds is 4. The summed E-state index contributed by atoms with van der Waals surface area (Å²) in [7, 11) is 1.65. The molecule has 0 atom stereocenters. The van der Waals surface area contributed by atoms with E-state index in [0.29, 0.717) is 0 Å². The molecule has 0 aliphatic heterocycles. The number of aliphatic hydroxyl groups is 1. The lowest BCUT2D eigenvalue weighted by Crippen LogP contribution is -2.41. The molecule has 1 rings (SSSR count). The van der Waals surface area contributed by atoms with Crippen LogP contribution in [0.25, 0.3) is 0 Å². The largest absolute Gasteiger partial charge is 0.389 e. The van der Waals surface area contributed by atoms with E-state index in [1.807, 2.05) is 25.5 Å². The van der Waals surface area contributed by atoms with Crippen LogP contribution in [-0.4, -0.2) is 45.0 Å². The molecule has 0 unspecified atom stereocenters. The Morgan fingerprint density at radius 1 is 1.47 bits per heavy atom. The van der Waals surface area contributed by atoms with E-state index in [4.69, 9.17) is 0 Å². The van der Waals surface area contributed by atoms with Crippen molar-refractivity contribution in [1.82, 2.24) is 14.7 Å². The molecule has 6 nitrogen and oxygen atoms in total. The van der Waals surface area contributed by atoms with Crippen LogP contribution < -0.4 is 5.32 Å². The standard InChI is InChI=1S/C13H24N4O2/c1-7-17-10(3)11(9(2)15-17)14-12(18)16(6)8-13(4,5)19/h19H,7-8H2,1-6H3,(H,14,18). The van der Waals surface area contributed by atoms with E-state index in [1.165, 1.54) is 4.90 Å². The van der Waals surface area contributed by atoms with Gasteiger partial charge in [0.15, 0.2) is 0 Å². The Balaban J connectivity index is 2.80. The predicted octanol–water partition coefficient (Wildman–Crippen LogP) is 1.75. The molecule has 0 saturated heterocycles. The molecule has 19 heavy (non-hydrogen) atoms. The number of nitrogens with zero attached hydrogens (tertiary/aromatic N) is 3. The van der Waals surface area contributed by atoms with Crippen LogP contribution in [0.4, 0.5) is 10.5 Å². The number of likely N-dealkylation sites (N-methyl/N-ethyl adjacent to an activating group) is 1. The van der Waals surface area contributed by atoms with Gasteiger partial charge in [0.2, 0.25) is 0 Å². The second kappa shape index (κ2) is 5.61. The summed E-state index contributed by atoms with van der Waals surface area (Å²) in [5, 5.41) is 16.9. The van der Waals surface area contributed by atoms with Gasteiger partial charge in [-0.25, -0.2) is 4.79 Å². The molecular formula is C13H24N4O2. The second-order valence-corrected chi connectivity index (χ2v) is 5.46. The molecule has 6 heteroatoms. The predicted molar refractivity (Wildman–Crippen MR) is 75.3 cm³/mol. The third kappa shape index (κ3) is 3.96. The summed E-state index contributed by atoms with van der Waals surface area (Å²) in [6, 6.07) is -0.246. The summed E-state index contributed by atoms with van der Waals surface area (Å²) in [5.41, 5.74) is 1.56. The van der Waals surface area contributed by atoms with E-state index < -0.39 is 5.60 Å². The van der Waals surface area contributed by atoms with Crippen molar-refractivity contribution < 1.29 is 9.90 Å². The molecule has 0 aromatic carbocycles. The van der Waals surface area contributed by atoms with Crippen molar-refractivity contribution in [2.24, 2.45) is 0 Å². The molecule has 1 aromatic rings. The van der Waals surface area contributed by atoms with Gasteiger partial charge in [0.1, 0.15) is 0 Å². The Morgan fingerprint density at radius 3 is 2.47 bits per heavy atom. The normalized spacial score (nSPS) is 11.5. The third-order valence-electron chi connectivity index (χ3n) is 2.88. The van der Waals surface area contributed by atoms with Gasteiger partial charge in [-0.2, -0.15) is 5.10 Å². The first-order chi connectivity index (χ1) is 8.65. The smallest absolute Gasteiger partial charge is 0.321 e. The average molecular weight is 268 g/mol. The number of hydrogen-bond acceptors (Lipinski definition) is 3. The zero-order chi connectivity index (χ0) is 14.8. The molecule has 1 aromatic heterocycles. The number of hydrogen-bond donors (Lipinski definition) is 2. The molecule has 0 bridgehead atoms. The first kappa shape index (κ1) is 15.5. The molecule has 2 amide bonds. The van der Waals surface area contributed by atoms with E-state index in [1.54, 1.807) is 20.9 Å². The zero-order valence-corrected chi connectivity index (χ0v) is 12.6. The van der Waals surface area contributed by atoms with Crippen molar-refractivity contribution in [1.29, 1.82) is 0 Å². The van der Waals surface area contributed by atoms with Crippen molar-refractivity contribution in [3.63, 3.8) is 0 Å². The minimum Gasteiger partial charge on any atom is -0.389 e. The Hall–Kier alpha value is -1.56. The molecule has 1 heterocycles. The molecule has 0 saturated carbocycles. The number of urea groups is 1. The number of amides is 2. The molecular weight excluding hydrogens is 244 g/mol. The van der Waals surface area contributed by atoms with Gasteiger partial charge < -0.3 is 15.3 Å². The van der Waals surface area contributed by atoms with Crippen molar-refractivity contribution in [2.75, 3.05) is 18.9 Å². The third-order valence-corrected chi connectivity index (χ3v) is 2.88. The second-order valence-electron chi connectivity index (χ2n) is 5.46. The van der Waals surface area contributed by atoms with Gasteiger partial charge in [0.05, 0.1) is 29.2 Å². The first-order valence-corrected chi connectivity index (χ1v) is 6.44. The summed E-state index contributed by atoms with van der Waals surface area (Å²) >= 11 is 0. The van der Waals surface area contributed by atoms with Crippen molar-refractivity contribution in [3.8, 4) is 0 Å². The Bertz CT molecular complexity index is 460.